The number of halogens is 1. The number of hydrogen-bond donors (Lipinski definition) is 2. The first-order valence-corrected chi connectivity index (χ1v) is 7.40. The maximum Gasteiger partial charge on any atom is 0.243 e. The van der Waals surface area contributed by atoms with Crippen LogP contribution in [0.3, 0.4) is 0 Å². The van der Waals surface area contributed by atoms with Crippen molar-refractivity contribution < 1.29 is 4.79 Å². The molecule has 7 heteroatoms. The summed E-state index contributed by atoms with van der Waals surface area (Å²) in [6.45, 7) is 6.02. The molecule has 0 spiro atoms. The summed E-state index contributed by atoms with van der Waals surface area (Å²) in [5, 5.41) is 6.47. The third kappa shape index (κ3) is 7.85. The number of guanidine groups is 1. The number of aliphatic imine (C=N–C) groups is 1. The number of rotatable bonds is 7. The molecule has 0 aromatic carbocycles. The molecule has 1 unspecified atom stereocenters. The molecule has 6 nitrogen and oxygen atoms in total. The molecule has 0 aromatic heterocycles. The van der Waals surface area contributed by atoms with Crippen molar-refractivity contribution in [3.8, 4) is 0 Å². The maximum absolute atomic E-state index is 11.6. The molecule has 0 heterocycles. The van der Waals surface area contributed by atoms with Crippen LogP contribution in [-0.4, -0.2) is 74.5 Å². The second kappa shape index (κ2) is 10.2. The zero-order chi connectivity index (χ0) is 15.1. The second-order valence-electron chi connectivity index (χ2n) is 5.61. The monoisotopic (exact) mass is 411 g/mol. The van der Waals surface area contributed by atoms with Gasteiger partial charge in [0, 0.05) is 39.3 Å². The van der Waals surface area contributed by atoms with Crippen LogP contribution in [0.25, 0.3) is 0 Å². The van der Waals surface area contributed by atoms with E-state index < -0.39 is 0 Å². The van der Waals surface area contributed by atoms with E-state index >= 15 is 0 Å². The highest BCUT2D eigenvalue weighted by atomic mass is 127. The molecule has 1 fully saturated rings. The van der Waals surface area contributed by atoms with Gasteiger partial charge in [-0.3, -0.25) is 9.69 Å². The van der Waals surface area contributed by atoms with Crippen LogP contribution in [0.5, 0.6) is 0 Å². The topological polar surface area (TPSA) is 60.0 Å². The lowest BCUT2D eigenvalue weighted by Crippen LogP contribution is -2.45. The fraction of sp³-hybridized carbons (Fsp3) is 0.857. The Balaban J connectivity index is 0.00000400. The summed E-state index contributed by atoms with van der Waals surface area (Å²) in [4.78, 5) is 19.8. The van der Waals surface area contributed by atoms with Crippen molar-refractivity contribution in [1.82, 2.24) is 20.4 Å². The highest BCUT2D eigenvalue weighted by Crippen LogP contribution is 2.26. The second-order valence-corrected chi connectivity index (χ2v) is 5.61. The maximum atomic E-state index is 11.6. The van der Waals surface area contributed by atoms with Crippen LogP contribution in [0.15, 0.2) is 4.99 Å². The molecule has 1 aliphatic carbocycles. The van der Waals surface area contributed by atoms with E-state index in [2.05, 4.69) is 34.5 Å². The van der Waals surface area contributed by atoms with Crippen LogP contribution in [0.2, 0.25) is 0 Å². The smallest absolute Gasteiger partial charge is 0.243 e. The molecular formula is C14H30IN5O. The van der Waals surface area contributed by atoms with Crippen LogP contribution in [0, 0.1) is 0 Å². The Hall–Kier alpha value is -0.570. The van der Waals surface area contributed by atoms with Crippen LogP contribution in [0.1, 0.15) is 26.7 Å². The predicted molar refractivity (Wildman–Crippen MR) is 98.3 cm³/mol. The first kappa shape index (κ1) is 20.4. The lowest BCUT2D eigenvalue weighted by molar-refractivity contribution is -0.127. The van der Waals surface area contributed by atoms with E-state index in [0.717, 1.165) is 19.1 Å². The van der Waals surface area contributed by atoms with Crippen LogP contribution >= 0.6 is 24.0 Å². The minimum atomic E-state index is 0. The number of amides is 1. The predicted octanol–water partition coefficient (Wildman–Crippen LogP) is 0.730. The van der Waals surface area contributed by atoms with E-state index in [9.17, 15) is 4.79 Å². The van der Waals surface area contributed by atoms with Gasteiger partial charge < -0.3 is 15.5 Å². The summed E-state index contributed by atoms with van der Waals surface area (Å²) in [7, 11) is 5.65. The molecule has 124 valence electrons. The Kier molecular flexibility index (Phi) is 9.93. The summed E-state index contributed by atoms with van der Waals surface area (Å²) in [6.07, 6.45) is 2.62. The summed E-state index contributed by atoms with van der Waals surface area (Å²) in [5.74, 6) is 0.712. The lowest BCUT2D eigenvalue weighted by atomic mass is 10.3. The molecule has 0 saturated heterocycles. The van der Waals surface area contributed by atoms with E-state index in [-0.39, 0.29) is 36.4 Å². The Morgan fingerprint density at radius 2 is 1.90 bits per heavy atom. The van der Waals surface area contributed by atoms with E-state index in [4.69, 9.17) is 0 Å². The van der Waals surface area contributed by atoms with Gasteiger partial charge in [0.05, 0.1) is 0 Å². The highest BCUT2D eigenvalue weighted by molar-refractivity contribution is 14.0. The fourth-order valence-corrected chi connectivity index (χ4v) is 1.86. The van der Waals surface area contributed by atoms with Gasteiger partial charge in [0.2, 0.25) is 5.91 Å². The van der Waals surface area contributed by atoms with Crippen molar-refractivity contribution in [3.05, 3.63) is 0 Å². The van der Waals surface area contributed by atoms with Gasteiger partial charge >= 0.3 is 0 Å². The van der Waals surface area contributed by atoms with E-state index in [0.29, 0.717) is 12.0 Å². The summed E-state index contributed by atoms with van der Waals surface area (Å²) < 4.78 is 0. The molecule has 2 N–H and O–H groups in total. The molecule has 1 amide bonds. The Morgan fingerprint density at radius 3 is 2.38 bits per heavy atom. The van der Waals surface area contributed by atoms with Gasteiger partial charge in [-0.2, -0.15) is 0 Å². The van der Waals surface area contributed by atoms with Gasteiger partial charge in [-0.1, -0.05) is 0 Å². The average molecular weight is 411 g/mol. The molecule has 1 atom stereocenters. The van der Waals surface area contributed by atoms with E-state index in [1.807, 2.05) is 6.92 Å². The van der Waals surface area contributed by atoms with Crippen molar-refractivity contribution >= 4 is 35.8 Å². The quantitative estimate of drug-likeness (QED) is 0.369. The molecule has 0 radical (unpaired) electrons. The first-order chi connectivity index (χ1) is 9.45. The number of likely N-dealkylation sites (N-methyl/N-ethyl adjacent to an activating group) is 2. The van der Waals surface area contributed by atoms with Crippen molar-refractivity contribution in [1.29, 1.82) is 0 Å². The molecular weight excluding hydrogens is 381 g/mol. The third-order valence-electron chi connectivity index (χ3n) is 3.60. The number of carbonyl (C=O) groups is 1. The number of nitrogens with one attached hydrogen (secondary N) is 2. The number of hydrogen-bond acceptors (Lipinski definition) is 3. The van der Waals surface area contributed by atoms with E-state index in [1.54, 1.807) is 19.0 Å². The van der Waals surface area contributed by atoms with Crippen molar-refractivity contribution in [2.45, 2.75) is 38.8 Å². The number of nitrogens with zero attached hydrogens (tertiary/aromatic N) is 3. The standard InChI is InChI=1S/C14H29N5O.HI/c1-6-15-14(17-10-13(20)18(3)4)16-9-11(2)19(5)12-7-8-12;/h11-12H,6-10H2,1-5H3,(H2,15,16,17);1H. The summed E-state index contributed by atoms with van der Waals surface area (Å²) in [6, 6.07) is 1.21. The van der Waals surface area contributed by atoms with Gasteiger partial charge in [0.25, 0.3) is 0 Å². The van der Waals surface area contributed by atoms with Gasteiger partial charge in [0.15, 0.2) is 5.96 Å². The minimum Gasteiger partial charge on any atom is -0.357 e. The van der Waals surface area contributed by atoms with Crippen LogP contribution in [-0.2, 0) is 4.79 Å². The van der Waals surface area contributed by atoms with Gasteiger partial charge in [-0.05, 0) is 33.7 Å². The lowest BCUT2D eigenvalue weighted by Gasteiger charge is -2.25. The Bertz CT molecular complexity index is 344. The minimum absolute atomic E-state index is 0. The van der Waals surface area contributed by atoms with Crippen molar-refractivity contribution in [2.24, 2.45) is 4.99 Å². The highest BCUT2D eigenvalue weighted by Gasteiger charge is 2.28. The van der Waals surface area contributed by atoms with Gasteiger partial charge in [-0.25, -0.2) is 4.99 Å². The molecule has 1 aliphatic rings. The molecule has 0 aromatic rings. The SMILES string of the molecule is CCNC(=NCC(=O)N(C)C)NCC(C)N(C)C1CC1.I. The van der Waals surface area contributed by atoms with Crippen LogP contribution < -0.4 is 10.6 Å². The van der Waals surface area contributed by atoms with Crippen molar-refractivity contribution in [3.63, 3.8) is 0 Å². The molecule has 21 heavy (non-hydrogen) atoms. The third-order valence-corrected chi connectivity index (χ3v) is 3.60. The molecule has 1 saturated carbocycles. The normalized spacial score (nSPS) is 16.2. The van der Waals surface area contributed by atoms with E-state index in [1.165, 1.54) is 12.8 Å². The zero-order valence-electron chi connectivity index (χ0n) is 13.8. The van der Waals surface area contributed by atoms with Gasteiger partial charge in [-0.15, -0.1) is 24.0 Å². The zero-order valence-corrected chi connectivity index (χ0v) is 16.2. The molecule has 0 aliphatic heterocycles. The number of carbonyl (C=O) groups excluding carboxylic acids is 1. The van der Waals surface area contributed by atoms with Gasteiger partial charge in [0.1, 0.15) is 6.54 Å². The summed E-state index contributed by atoms with van der Waals surface area (Å²) in [5.41, 5.74) is 0. The average Bonchev–Trinajstić information content (AvgIpc) is 3.24. The molecule has 0 bridgehead atoms. The molecule has 1 rings (SSSR count). The Morgan fingerprint density at radius 1 is 1.29 bits per heavy atom. The first-order valence-electron chi connectivity index (χ1n) is 7.40. The Labute approximate surface area is 145 Å². The van der Waals surface area contributed by atoms with Crippen molar-refractivity contribution in [2.75, 3.05) is 40.8 Å². The fourth-order valence-electron chi connectivity index (χ4n) is 1.86. The van der Waals surface area contributed by atoms with Crippen LogP contribution in [0.4, 0.5) is 0 Å². The summed E-state index contributed by atoms with van der Waals surface area (Å²) >= 11 is 0. The largest absolute Gasteiger partial charge is 0.357 e.